The Morgan fingerprint density at radius 1 is 1.08 bits per heavy atom. The second kappa shape index (κ2) is 16.2. The number of amides is 4. The van der Waals surface area contributed by atoms with Gasteiger partial charge in [0.05, 0.1) is 19.4 Å². The fraction of sp³-hybridized carbons (Fsp3) is 0.417. The number of carbonyl (C=O) groups is 4. The van der Waals surface area contributed by atoms with Crippen LogP contribution in [0.3, 0.4) is 0 Å². The normalized spacial score (nSPS) is 20.8. The van der Waals surface area contributed by atoms with Crippen LogP contribution in [0.4, 0.5) is 10.1 Å². The highest BCUT2D eigenvalue weighted by Crippen LogP contribution is 2.23. The highest BCUT2D eigenvalue weighted by molar-refractivity contribution is 5.95. The summed E-state index contributed by atoms with van der Waals surface area (Å²) in [4.78, 5) is 60.1. The van der Waals surface area contributed by atoms with Crippen molar-refractivity contribution in [3.05, 3.63) is 89.0 Å². The molecule has 5 N–H and O–H groups in total. The number of rotatable bonds is 6. The van der Waals surface area contributed by atoms with Crippen LogP contribution in [0.5, 0.6) is 5.75 Å². The van der Waals surface area contributed by atoms with Gasteiger partial charge in [-0.3, -0.25) is 24.2 Å². The first-order valence-electron chi connectivity index (χ1n) is 16.4. The molecule has 2 unspecified atom stereocenters. The Labute approximate surface area is 279 Å². The van der Waals surface area contributed by atoms with E-state index in [0.717, 1.165) is 42.0 Å². The van der Waals surface area contributed by atoms with Gasteiger partial charge >= 0.3 is 0 Å². The SMILES string of the molecule is Cc1ccc2cc1CNC(=O)C(CCc1ccncc1)NC(=O)[C@@H](NC(=O)Cc1ccc(N)cc1F)CC(=O)N1CCCC(CCO2)C1. The molecule has 0 spiro atoms. The molecule has 254 valence electrons. The van der Waals surface area contributed by atoms with Crippen LogP contribution in [-0.2, 0) is 38.6 Å². The Hall–Kier alpha value is -5.00. The number of pyridine rings is 1. The number of fused-ring (bicyclic) bond motifs is 4. The lowest BCUT2D eigenvalue weighted by Crippen LogP contribution is -2.55. The molecule has 3 atom stereocenters. The fourth-order valence-electron chi connectivity index (χ4n) is 6.14. The summed E-state index contributed by atoms with van der Waals surface area (Å²) in [6, 6.07) is 11.2. The van der Waals surface area contributed by atoms with Crippen LogP contribution in [0.2, 0.25) is 0 Å². The van der Waals surface area contributed by atoms with Gasteiger partial charge in [-0.05, 0) is 104 Å². The van der Waals surface area contributed by atoms with E-state index >= 15 is 0 Å². The molecule has 0 saturated carbocycles. The van der Waals surface area contributed by atoms with Gasteiger partial charge in [0, 0.05) is 37.7 Å². The number of hydrogen-bond donors (Lipinski definition) is 4. The molecule has 48 heavy (non-hydrogen) atoms. The Balaban J connectivity index is 1.40. The van der Waals surface area contributed by atoms with Crippen molar-refractivity contribution >= 4 is 29.3 Å². The molecule has 0 radical (unpaired) electrons. The zero-order valence-corrected chi connectivity index (χ0v) is 27.2. The first kappa shape index (κ1) is 34.3. The standard InChI is InChI=1S/C36H43FN6O5/c1-23-4-8-29-17-27(23)21-40-35(46)31(9-5-24-10-13-39-14-11-24)42-36(47)32(41-33(44)18-26-6-7-28(38)19-30(26)37)20-34(45)43-15-2-3-25(22-43)12-16-48-29/h4,6-8,10-11,13-14,17,19,25,31-32H,2-3,5,9,12,15-16,18,20-22,38H2,1H3,(H,40,46)(H,41,44)(H,42,47)/t25?,31?,32-/m0/s1. The van der Waals surface area contributed by atoms with E-state index in [1.807, 2.05) is 37.3 Å². The van der Waals surface area contributed by atoms with E-state index in [4.69, 9.17) is 10.5 Å². The lowest BCUT2D eigenvalue weighted by Gasteiger charge is -2.34. The Morgan fingerprint density at radius 2 is 1.90 bits per heavy atom. The number of anilines is 1. The number of nitrogens with one attached hydrogen (secondary N) is 3. The maximum atomic E-state index is 14.5. The van der Waals surface area contributed by atoms with Gasteiger partial charge in [0.1, 0.15) is 23.7 Å². The highest BCUT2D eigenvalue weighted by atomic mass is 19.1. The maximum absolute atomic E-state index is 14.5. The van der Waals surface area contributed by atoms with Crippen LogP contribution in [0.1, 0.15) is 54.4 Å². The lowest BCUT2D eigenvalue weighted by molar-refractivity contribution is -0.138. The molecule has 2 aliphatic rings. The van der Waals surface area contributed by atoms with Gasteiger partial charge in [0.2, 0.25) is 23.6 Å². The Kier molecular flexibility index (Phi) is 11.6. The largest absolute Gasteiger partial charge is 0.494 e. The van der Waals surface area contributed by atoms with E-state index in [-0.39, 0.29) is 48.9 Å². The number of ether oxygens (including phenoxy) is 1. The number of nitrogens with zero attached hydrogens (tertiary/aromatic N) is 2. The van der Waals surface area contributed by atoms with Gasteiger partial charge in [-0.2, -0.15) is 0 Å². The molecule has 1 fully saturated rings. The third kappa shape index (κ3) is 9.52. The average Bonchev–Trinajstić information content (AvgIpc) is 3.07. The third-order valence-corrected chi connectivity index (χ3v) is 9.00. The molecule has 1 saturated heterocycles. The first-order chi connectivity index (χ1) is 23.1. The fourth-order valence-corrected chi connectivity index (χ4v) is 6.14. The van der Waals surface area contributed by atoms with Crippen LogP contribution < -0.4 is 26.4 Å². The van der Waals surface area contributed by atoms with Crippen molar-refractivity contribution in [2.24, 2.45) is 5.92 Å². The van der Waals surface area contributed by atoms with E-state index in [9.17, 15) is 23.6 Å². The quantitative estimate of drug-likeness (QED) is 0.297. The van der Waals surface area contributed by atoms with Crippen LogP contribution in [0, 0.1) is 18.7 Å². The van der Waals surface area contributed by atoms with Crippen LogP contribution in [0.25, 0.3) is 0 Å². The van der Waals surface area contributed by atoms with Gasteiger partial charge in [-0.25, -0.2) is 4.39 Å². The number of benzene rings is 2. The monoisotopic (exact) mass is 658 g/mol. The number of nitrogen functional groups attached to an aromatic ring is 1. The van der Waals surface area contributed by atoms with E-state index < -0.39 is 35.6 Å². The van der Waals surface area contributed by atoms with Gasteiger partial charge in [-0.15, -0.1) is 0 Å². The predicted molar refractivity (Wildman–Crippen MR) is 178 cm³/mol. The summed E-state index contributed by atoms with van der Waals surface area (Å²) < 4.78 is 20.6. The lowest BCUT2D eigenvalue weighted by atomic mass is 9.94. The number of hydrogen-bond acceptors (Lipinski definition) is 7. The van der Waals surface area contributed by atoms with Crippen LogP contribution in [-0.4, -0.2) is 65.3 Å². The maximum Gasteiger partial charge on any atom is 0.243 e. The third-order valence-electron chi connectivity index (χ3n) is 9.00. The van der Waals surface area contributed by atoms with Crippen molar-refractivity contribution in [2.75, 3.05) is 25.4 Å². The molecule has 1 aromatic heterocycles. The minimum Gasteiger partial charge on any atom is -0.494 e. The van der Waals surface area contributed by atoms with E-state index in [1.54, 1.807) is 17.3 Å². The zero-order valence-electron chi connectivity index (χ0n) is 27.2. The average molecular weight is 659 g/mol. The summed E-state index contributed by atoms with van der Waals surface area (Å²) in [5.41, 5.74) is 8.77. The topological polar surface area (TPSA) is 156 Å². The zero-order chi connectivity index (χ0) is 34.0. The summed E-state index contributed by atoms with van der Waals surface area (Å²) >= 11 is 0. The second-order valence-corrected chi connectivity index (χ2v) is 12.6. The Morgan fingerprint density at radius 3 is 2.69 bits per heavy atom. The van der Waals surface area contributed by atoms with Gasteiger partial charge in [-0.1, -0.05) is 12.1 Å². The number of aromatic nitrogens is 1. The number of carbonyl (C=O) groups excluding carboxylic acids is 4. The highest BCUT2D eigenvalue weighted by Gasteiger charge is 2.32. The smallest absolute Gasteiger partial charge is 0.243 e. The van der Waals surface area contributed by atoms with Gasteiger partial charge in [0.15, 0.2) is 0 Å². The molecule has 2 aliphatic heterocycles. The summed E-state index contributed by atoms with van der Waals surface area (Å²) in [6.07, 6.45) is 5.86. The van der Waals surface area contributed by atoms with Crippen molar-refractivity contribution in [3.63, 3.8) is 0 Å². The van der Waals surface area contributed by atoms with Gasteiger partial charge in [0.25, 0.3) is 0 Å². The Bertz CT molecular complexity index is 1620. The minimum atomic E-state index is -1.29. The van der Waals surface area contributed by atoms with E-state index in [0.29, 0.717) is 31.9 Å². The van der Waals surface area contributed by atoms with Crippen molar-refractivity contribution in [2.45, 2.75) is 70.5 Å². The van der Waals surface area contributed by atoms with Crippen molar-refractivity contribution in [3.8, 4) is 5.75 Å². The van der Waals surface area contributed by atoms with Crippen LogP contribution in [0.15, 0.2) is 60.9 Å². The summed E-state index contributed by atoms with van der Waals surface area (Å²) in [6.45, 7) is 3.69. The molecule has 4 amide bonds. The minimum absolute atomic E-state index is 0.101. The van der Waals surface area contributed by atoms with Crippen molar-refractivity contribution < 1.29 is 28.3 Å². The van der Waals surface area contributed by atoms with Crippen LogP contribution >= 0.6 is 0 Å². The van der Waals surface area contributed by atoms with Gasteiger partial charge < -0.3 is 31.3 Å². The molecule has 11 nitrogen and oxygen atoms in total. The molecule has 3 heterocycles. The summed E-state index contributed by atoms with van der Waals surface area (Å²) in [5, 5.41) is 8.41. The summed E-state index contributed by atoms with van der Waals surface area (Å²) in [7, 11) is 0. The number of piperidine rings is 1. The van der Waals surface area contributed by atoms with E-state index in [1.165, 1.54) is 12.1 Å². The van der Waals surface area contributed by atoms with Crippen molar-refractivity contribution in [1.82, 2.24) is 25.8 Å². The summed E-state index contributed by atoms with van der Waals surface area (Å²) in [5.74, 6) is -1.74. The first-order valence-corrected chi connectivity index (χ1v) is 16.4. The second-order valence-electron chi connectivity index (χ2n) is 12.6. The molecule has 5 rings (SSSR count). The number of halogens is 1. The number of nitrogens with two attached hydrogens (primary N) is 1. The van der Waals surface area contributed by atoms with E-state index in [2.05, 4.69) is 20.9 Å². The molecule has 0 aliphatic carbocycles. The molecular weight excluding hydrogens is 615 g/mol. The van der Waals surface area contributed by atoms with Crippen molar-refractivity contribution in [1.29, 1.82) is 0 Å². The molecule has 12 heteroatoms. The molecular formula is C36H43FN6O5. The molecule has 3 aromatic rings. The molecule has 4 bridgehead atoms. The molecule has 2 aromatic carbocycles. The predicted octanol–water partition coefficient (Wildman–Crippen LogP) is 2.98. The number of aryl methyl sites for hydroxylation is 2.